The smallest absolute Gasteiger partial charge is 0.311 e. The Morgan fingerprint density at radius 2 is 2.21 bits per heavy atom. The molecule has 0 amide bonds. The molecular weight excluding hydrogens is 226 g/mol. The van der Waals surface area contributed by atoms with Gasteiger partial charge >= 0.3 is 5.69 Å². The number of nitro benzene ring substituents is 1. The van der Waals surface area contributed by atoms with Gasteiger partial charge in [0.25, 0.3) is 0 Å². The van der Waals surface area contributed by atoms with Crippen LogP contribution in [-0.2, 0) is 0 Å². The number of rotatable bonds is 1. The first kappa shape index (κ1) is 9.23. The van der Waals surface area contributed by atoms with Gasteiger partial charge < -0.3 is 5.11 Å². The van der Waals surface area contributed by atoms with Crippen molar-refractivity contribution in [3.63, 3.8) is 0 Å². The molecule has 0 aliphatic carbocycles. The molecule has 72 valence electrons. The molecule has 0 fully saturated rings. The summed E-state index contributed by atoms with van der Waals surface area (Å²) in [5.41, 5.74) is -0.321. The summed E-state index contributed by atoms with van der Waals surface area (Å²) in [6, 6.07) is 2.84. The Bertz CT molecular complexity index is 523. The van der Waals surface area contributed by atoms with Crippen LogP contribution in [0.1, 0.15) is 0 Å². The van der Waals surface area contributed by atoms with Crippen molar-refractivity contribution < 1.29 is 10.0 Å². The maximum Gasteiger partial charge on any atom is 0.311 e. The van der Waals surface area contributed by atoms with E-state index >= 15 is 0 Å². The molecule has 1 N–H and O–H groups in total. The topological polar surface area (TPSA) is 63.4 Å². The first-order chi connectivity index (χ1) is 6.61. The molecule has 0 aliphatic heterocycles. The van der Waals surface area contributed by atoms with Crippen molar-refractivity contribution in [3.8, 4) is 5.75 Å². The van der Waals surface area contributed by atoms with E-state index in [0.29, 0.717) is 10.4 Å². The van der Waals surface area contributed by atoms with Gasteiger partial charge in [0.1, 0.15) is 0 Å². The number of fused-ring (bicyclic) bond motifs is 1. The number of hydrogen-bond donors (Lipinski definition) is 1. The van der Waals surface area contributed by atoms with Gasteiger partial charge in [0.2, 0.25) is 5.75 Å². The lowest BCUT2D eigenvalue weighted by Crippen LogP contribution is -1.87. The predicted octanol–water partition coefficient (Wildman–Crippen LogP) is 3.17. The molecule has 0 spiro atoms. The number of benzene rings is 1. The fraction of sp³-hybridized carbons (Fsp3) is 0. The number of aromatic hydroxyl groups is 1. The van der Waals surface area contributed by atoms with Gasteiger partial charge in [-0.2, -0.15) is 0 Å². The molecule has 0 bridgehead atoms. The Kier molecular flexibility index (Phi) is 2.05. The minimum absolute atomic E-state index is 0.321. The summed E-state index contributed by atoms with van der Waals surface area (Å²) in [6.07, 6.45) is 0. The summed E-state index contributed by atoms with van der Waals surface area (Å²) < 4.78 is 0.734. The van der Waals surface area contributed by atoms with E-state index in [2.05, 4.69) is 0 Å². The average molecular weight is 230 g/mol. The quantitative estimate of drug-likeness (QED) is 0.603. The van der Waals surface area contributed by atoms with Crippen molar-refractivity contribution in [2.45, 2.75) is 0 Å². The molecule has 0 radical (unpaired) electrons. The largest absolute Gasteiger partial charge is 0.502 e. The Morgan fingerprint density at radius 3 is 2.86 bits per heavy atom. The van der Waals surface area contributed by atoms with E-state index in [9.17, 15) is 15.2 Å². The summed E-state index contributed by atoms with van der Waals surface area (Å²) in [4.78, 5) is 9.87. The monoisotopic (exact) mass is 229 g/mol. The van der Waals surface area contributed by atoms with Gasteiger partial charge in [-0.15, -0.1) is 11.3 Å². The van der Waals surface area contributed by atoms with Crippen LogP contribution in [0.3, 0.4) is 0 Å². The fourth-order valence-electron chi connectivity index (χ4n) is 1.21. The van der Waals surface area contributed by atoms with Crippen LogP contribution in [0, 0.1) is 10.1 Å². The molecule has 4 nitrogen and oxygen atoms in total. The van der Waals surface area contributed by atoms with E-state index in [0.717, 1.165) is 4.70 Å². The second-order valence-corrected chi connectivity index (χ2v) is 3.97. The zero-order chi connectivity index (χ0) is 10.3. The van der Waals surface area contributed by atoms with Gasteiger partial charge in [-0.3, -0.25) is 10.1 Å². The second kappa shape index (κ2) is 3.11. The Morgan fingerprint density at radius 1 is 1.50 bits per heavy atom. The minimum atomic E-state index is -0.636. The highest BCUT2D eigenvalue weighted by atomic mass is 35.5. The van der Waals surface area contributed by atoms with Crippen LogP contribution in [0.5, 0.6) is 5.75 Å². The number of halogens is 1. The van der Waals surface area contributed by atoms with Crippen molar-refractivity contribution in [1.82, 2.24) is 0 Å². The Hall–Kier alpha value is -1.33. The molecule has 0 aliphatic rings. The van der Waals surface area contributed by atoms with Crippen LogP contribution < -0.4 is 0 Å². The van der Waals surface area contributed by atoms with Gasteiger partial charge in [-0.25, -0.2) is 0 Å². The van der Waals surface area contributed by atoms with Crippen LogP contribution >= 0.6 is 22.9 Å². The Labute approximate surface area is 87.5 Å². The minimum Gasteiger partial charge on any atom is -0.502 e. The summed E-state index contributed by atoms with van der Waals surface area (Å²) in [7, 11) is 0. The number of nitrogens with zero attached hydrogens (tertiary/aromatic N) is 1. The lowest BCUT2D eigenvalue weighted by Gasteiger charge is -1.97. The highest BCUT2D eigenvalue weighted by molar-refractivity contribution is 7.17. The second-order valence-electron chi connectivity index (χ2n) is 2.65. The van der Waals surface area contributed by atoms with Crippen LogP contribution in [0.15, 0.2) is 17.5 Å². The summed E-state index contributed by atoms with van der Waals surface area (Å²) in [5.74, 6) is -0.362. The maximum absolute atomic E-state index is 10.5. The number of hydrogen-bond acceptors (Lipinski definition) is 4. The van der Waals surface area contributed by atoms with Gasteiger partial charge in [0, 0.05) is 16.1 Å². The molecule has 0 saturated carbocycles. The van der Waals surface area contributed by atoms with E-state index < -0.39 is 4.92 Å². The fourth-order valence-corrected chi connectivity index (χ4v) is 2.41. The van der Waals surface area contributed by atoms with Crippen molar-refractivity contribution >= 4 is 38.7 Å². The van der Waals surface area contributed by atoms with E-state index in [1.807, 2.05) is 0 Å². The molecule has 2 rings (SSSR count). The highest BCUT2D eigenvalue weighted by Gasteiger charge is 2.18. The number of phenolic OH excluding ortho intramolecular Hbond substituents is 1. The van der Waals surface area contributed by atoms with Crippen molar-refractivity contribution in [3.05, 3.63) is 32.6 Å². The normalized spacial score (nSPS) is 10.6. The van der Waals surface area contributed by atoms with Crippen LogP contribution in [-0.4, -0.2) is 10.0 Å². The maximum atomic E-state index is 10.5. The van der Waals surface area contributed by atoms with Crippen LogP contribution in [0.4, 0.5) is 5.69 Å². The van der Waals surface area contributed by atoms with E-state index in [1.54, 1.807) is 11.4 Å². The summed E-state index contributed by atoms with van der Waals surface area (Å²) in [6.45, 7) is 0. The van der Waals surface area contributed by atoms with Gasteiger partial charge in [-0.1, -0.05) is 11.6 Å². The summed E-state index contributed by atoms with van der Waals surface area (Å²) >= 11 is 7.12. The third-order valence-corrected chi connectivity index (χ3v) is 3.22. The zero-order valence-corrected chi connectivity index (χ0v) is 8.30. The first-order valence-electron chi connectivity index (χ1n) is 3.64. The molecule has 0 unspecified atom stereocenters. The van der Waals surface area contributed by atoms with Crippen molar-refractivity contribution in [2.24, 2.45) is 0 Å². The van der Waals surface area contributed by atoms with Gasteiger partial charge in [-0.05, 0) is 6.07 Å². The average Bonchev–Trinajstić information content (AvgIpc) is 2.48. The highest BCUT2D eigenvalue weighted by Crippen LogP contribution is 2.41. The lowest BCUT2D eigenvalue weighted by atomic mass is 10.2. The molecule has 1 heterocycles. The SMILES string of the molecule is O=[N+]([O-])c1ccc2scc(Cl)c2c1O. The lowest BCUT2D eigenvalue weighted by molar-refractivity contribution is -0.385. The van der Waals surface area contributed by atoms with Crippen molar-refractivity contribution in [2.75, 3.05) is 0 Å². The van der Waals surface area contributed by atoms with Gasteiger partial charge in [0.05, 0.1) is 15.3 Å². The molecule has 1 aromatic heterocycles. The third-order valence-electron chi connectivity index (χ3n) is 1.84. The molecule has 14 heavy (non-hydrogen) atoms. The van der Waals surface area contributed by atoms with Gasteiger partial charge in [0.15, 0.2) is 0 Å². The Balaban J connectivity index is 2.86. The first-order valence-corrected chi connectivity index (χ1v) is 4.90. The molecule has 1 aromatic carbocycles. The van der Waals surface area contributed by atoms with E-state index in [4.69, 9.17) is 11.6 Å². The standard InChI is InChI=1S/C8H4ClNO3S/c9-4-3-14-6-2-1-5(10(12)13)8(11)7(4)6/h1-3,11H. The molecule has 6 heteroatoms. The molecule has 0 atom stereocenters. The van der Waals surface area contributed by atoms with Crippen LogP contribution in [0.2, 0.25) is 5.02 Å². The zero-order valence-electron chi connectivity index (χ0n) is 6.73. The van der Waals surface area contributed by atoms with Crippen molar-refractivity contribution in [1.29, 1.82) is 0 Å². The molecule has 0 saturated heterocycles. The predicted molar refractivity (Wildman–Crippen MR) is 55.2 cm³/mol. The summed E-state index contributed by atoms with van der Waals surface area (Å²) in [5, 5.41) is 22.4. The third kappa shape index (κ3) is 1.21. The van der Waals surface area contributed by atoms with Crippen LogP contribution in [0.25, 0.3) is 10.1 Å². The van der Waals surface area contributed by atoms with E-state index in [1.165, 1.54) is 17.4 Å². The number of thiophene rings is 1. The number of nitro groups is 1. The van der Waals surface area contributed by atoms with E-state index in [-0.39, 0.29) is 11.4 Å². The molecular formula is C8H4ClNO3S. The number of phenols is 1. The molecule has 2 aromatic rings.